The highest BCUT2D eigenvalue weighted by molar-refractivity contribution is 6.13. The van der Waals surface area contributed by atoms with Gasteiger partial charge in [-0.15, -0.1) is 0 Å². The summed E-state index contributed by atoms with van der Waals surface area (Å²) in [4.78, 5) is 0. The average Bonchev–Trinajstić information content (AvgIpc) is 3.88. The Balaban J connectivity index is 1.16. The smallest absolute Gasteiger partial charge is 0.0992 e. The molecule has 0 amide bonds. The van der Waals surface area contributed by atoms with E-state index in [9.17, 15) is 10.5 Å². The van der Waals surface area contributed by atoms with Crippen LogP contribution < -0.4 is 0 Å². The van der Waals surface area contributed by atoms with Gasteiger partial charge in [0, 0.05) is 49.3 Å². The van der Waals surface area contributed by atoms with Crippen LogP contribution in [0.2, 0.25) is 0 Å². The Bertz CT molecular complexity index is 3360. The highest BCUT2D eigenvalue weighted by Crippen LogP contribution is 2.40. The van der Waals surface area contributed by atoms with Crippen molar-refractivity contribution in [2.24, 2.45) is 0 Å². The summed E-state index contributed by atoms with van der Waals surface area (Å²) in [6.45, 7) is 0. The van der Waals surface area contributed by atoms with Gasteiger partial charge in [-0.2, -0.15) is 10.5 Å². The molecule has 11 aromatic rings. The fraction of sp³-hybridized carbons (Fsp3) is 0. The number of hydrogen-bond acceptors (Lipinski definition) is 2. The summed E-state index contributed by atoms with van der Waals surface area (Å²) in [6, 6.07) is 65.9. The number of hydrogen-bond donors (Lipinski definition) is 0. The maximum atomic E-state index is 10.4. The van der Waals surface area contributed by atoms with Crippen molar-refractivity contribution in [3.8, 4) is 40.3 Å². The van der Waals surface area contributed by atoms with Gasteiger partial charge in [0.05, 0.1) is 62.1 Å². The quantitative estimate of drug-likeness (QED) is 0.184. The van der Waals surface area contributed by atoms with Crippen molar-refractivity contribution in [2.75, 3.05) is 0 Å². The highest BCUT2D eigenvalue weighted by Gasteiger charge is 2.20. The maximum absolute atomic E-state index is 10.4. The molecule has 0 N–H and O–H groups in total. The summed E-state index contributed by atoms with van der Waals surface area (Å²) in [5.41, 5.74) is 12.6. The summed E-state index contributed by atoms with van der Waals surface area (Å²) in [7, 11) is 0. The van der Waals surface area contributed by atoms with E-state index in [0.717, 1.165) is 72.1 Å². The van der Waals surface area contributed by atoms with Gasteiger partial charge in [-0.1, -0.05) is 91.0 Å². The minimum atomic E-state index is 0.584. The van der Waals surface area contributed by atoms with Gasteiger partial charge in [0.1, 0.15) is 0 Å². The van der Waals surface area contributed by atoms with Gasteiger partial charge < -0.3 is 13.7 Å². The number of benzene rings is 8. The number of fused-ring (bicyclic) bond motifs is 9. The van der Waals surface area contributed by atoms with E-state index in [-0.39, 0.29) is 0 Å². The molecule has 3 aromatic heterocycles. The van der Waals surface area contributed by atoms with E-state index in [4.69, 9.17) is 0 Å². The first-order valence-electron chi connectivity index (χ1n) is 18.3. The molecule has 0 aliphatic rings. The van der Waals surface area contributed by atoms with E-state index in [2.05, 4.69) is 177 Å². The van der Waals surface area contributed by atoms with Crippen molar-refractivity contribution in [3.05, 3.63) is 187 Å². The Labute approximate surface area is 316 Å². The van der Waals surface area contributed by atoms with Gasteiger partial charge in [-0.3, -0.25) is 0 Å². The minimum absolute atomic E-state index is 0.584. The van der Waals surface area contributed by atoms with Crippen LogP contribution in [0.1, 0.15) is 11.1 Å². The molecule has 0 saturated heterocycles. The van der Waals surface area contributed by atoms with Crippen molar-refractivity contribution >= 4 is 65.4 Å². The summed E-state index contributed by atoms with van der Waals surface area (Å²) >= 11 is 0. The van der Waals surface area contributed by atoms with Crippen molar-refractivity contribution < 1.29 is 0 Å². The van der Waals surface area contributed by atoms with Crippen molar-refractivity contribution in [1.82, 2.24) is 13.7 Å². The molecule has 8 aromatic carbocycles. The minimum Gasteiger partial charge on any atom is -0.309 e. The first-order chi connectivity index (χ1) is 27.2. The molecule has 0 unspecified atom stereocenters. The van der Waals surface area contributed by atoms with Crippen LogP contribution in [0, 0.1) is 22.7 Å². The molecule has 0 bridgehead atoms. The molecule has 55 heavy (non-hydrogen) atoms. The van der Waals surface area contributed by atoms with Crippen LogP contribution in [0.4, 0.5) is 0 Å². The van der Waals surface area contributed by atoms with E-state index >= 15 is 0 Å². The number of nitrogens with zero attached hydrogens (tertiary/aromatic N) is 5. The molecule has 5 nitrogen and oxygen atoms in total. The van der Waals surface area contributed by atoms with Gasteiger partial charge in [-0.25, -0.2) is 0 Å². The second-order valence-corrected chi connectivity index (χ2v) is 14.0. The standard InChI is InChI=1S/C50H29N5/c51-30-32-21-23-49-42(27-32)43-29-35(53-45-17-7-2-12-38(45)39-13-3-8-18-46(39)53)22-24-50(43)55(49)44-16-6-1-11-37(44)34-25-33(31-52)26-36(28-34)54-47-19-9-4-14-40(47)41-15-5-10-20-48(41)54/h1-29H. The van der Waals surface area contributed by atoms with E-state index in [1.54, 1.807) is 0 Å². The SMILES string of the molecule is N#Cc1cc(-c2ccccc2-n2c3ccc(C#N)cc3c3cc(-n4c5ccccc5c5ccccc54)ccc32)cc(-n2c3ccccc3c3ccccc32)c1. The van der Waals surface area contributed by atoms with Crippen LogP contribution in [0.25, 0.3) is 93.6 Å². The molecule has 0 saturated carbocycles. The van der Waals surface area contributed by atoms with Crippen LogP contribution in [-0.2, 0) is 0 Å². The predicted octanol–water partition coefficient (Wildman–Crippen LogP) is 12.4. The molecular formula is C50H29N5. The maximum Gasteiger partial charge on any atom is 0.0992 e. The third kappa shape index (κ3) is 4.51. The van der Waals surface area contributed by atoms with Crippen LogP contribution in [-0.4, -0.2) is 13.7 Å². The Hall–Kier alpha value is -7.86. The van der Waals surface area contributed by atoms with Gasteiger partial charge in [0.15, 0.2) is 0 Å². The summed E-state index contributed by atoms with van der Waals surface area (Å²) < 4.78 is 6.90. The first-order valence-corrected chi connectivity index (χ1v) is 18.3. The van der Waals surface area contributed by atoms with E-state index in [1.807, 2.05) is 24.3 Å². The second-order valence-electron chi connectivity index (χ2n) is 14.0. The zero-order valence-electron chi connectivity index (χ0n) is 29.5. The van der Waals surface area contributed by atoms with Crippen molar-refractivity contribution in [2.45, 2.75) is 0 Å². The lowest BCUT2D eigenvalue weighted by molar-refractivity contribution is 1.16. The lowest BCUT2D eigenvalue weighted by Crippen LogP contribution is -2.00. The van der Waals surface area contributed by atoms with E-state index < -0.39 is 0 Å². The fourth-order valence-corrected chi connectivity index (χ4v) is 8.75. The predicted molar refractivity (Wildman–Crippen MR) is 224 cm³/mol. The molecule has 0 fully saturated rings. The molecule has 254 valence electrons. The molecule has 0 atom stereocenters. The molecule has 0 aliphatic heterocycles. The number of rotatable bonds is 4. The van der Waals surface area contributed by atoms with Crippen LogP contribution in [0.5, 0.6) is 0 Å². The first kappa shape index (κ1) is 30.7. The fourth-order valence-electron chi connectivity index (χ4n) is 8.75. The summed E-state index contributed by atoms with van der Waals surface area (Å²) in [6.07, 6.45) is 0. The lowest BCUT2D eigenvalue weighted by atomic mass is 10.00. The average molecular weight is 700 g/mol. The number of aromatic nitrogens is 3. The van der Waals surface area contributed by atoms with Gasteiger partial charge >= 0.3 is 0 Å². The molecule has 0 radical (unpaired) electrons. The summed E-state index contributed by atoms with van der Waals surface area (Å²) in [5.74, 6) is 0. The largest absolute Gasteiger partial charge is 0.309 e. The van der Waals surface area contributed by atoms with Crippen LogP contribution >= 0.6 is 0 Å². The van der Waals surface area contributed by atoms with Crippen molar-refractivity contribution in [3.63, 3.8) is 0 Å². The van der Waals surface area contributed by atoms with Gasteiger partial charge in [0.25, 0.3) is 0 Å². The monoisotopic (exact) mass is 699 g/mol. The number of para-hydroxylation sites is 5. The molecule has 3 heterocycles. The topological polar surface area (TPSA) is 62.4 Å². The Kier molecular flexibility index (Phi) is 6.61. The zero-order chi connectivity index (χ0) is 36.6. The van der Waals surface area contributed by atoms with Gasteiger partial charge in [-0.05, 0) is 90.5 Å². The second kappa shape index (κ2) is 11.8. The van der Waals surface area contributed by atoms with Crippen LogP contribution in [0.15, 0.2) is 176 Å². The highest BCUT2D eigenvalue weighted by atomic mass is 15.0. The third-order valence-electron chi connectivity index (χ3n) is 11.1. The van der Waals surface area contributed by atoms with Gasteiger partial charge in [0.2, 0.25) is 0 Å². The Morgan fingerprint density at radius 1 is 0.327 bits per heavy atom. The summed E-state index contributed by atoms with van der Waals surface area (Å²) in [5, 5.41) is 27.2. The molecule has 0 aliphatic carbocycles. The molecular weight excluding hydrogens is 671 g/mol. The molecule has 11 rings (SSSR count). The Morgan fingerprint density at radius 3 is 1.38 bits per heavy atom. The van der Waals surface area contributed by atoms with Crippen molar-refractivity contribution in [1.29, 1.82) is 10.5 Å². The Morgan fingerprint density at radius 2 is 0.800 bits per heavy atom. The zero-order valence-corrected chi connectivity index (χ0v) is 29.5. The number of nitriles is 2. The third-order valence-corrected chi connectivity index (χ3v) is 11.1. The van der Waals surface area contributed by atoms with Crippen LogP contribution in [0.3, 0.4) is 0 Å². The molecule has 5 heteroatoms. The lowest BCUT2D eigenvalue weighted by Gasteiger charge is -2.16. The normalized spacial score (nSPS) is 11.6. The van der Waals surface area contributed by atoms with E-state index in [0.29, 0.717) is 11.1 Å². The van der Waals surface area contributed by atoms with E-state index in [1.165, 1.54) is 21.5 Å². The molecule has 0 spiro atoms.